The highest BCUT2D eigenvalue weighted by Crippen LogP contribution is 2.28. The Bertz CT molecular complexity index is 447. The molecule has 6 heteroatoms. The molecule has 0 bridgehead atoms. The molecule has 0 aliphatic carbocycles. The Kier molecular flexibility index (Phi) is 1.66. The number of H-pyrrole nitrogens is 1. The van der Waals surface area contributed by atoms with Crippen molar-refractivity contribution in [3.05, 3.63) is 15.5 Å². The summed E-state index contributed by atoms with van der Waals surface area (Å²) >= 11 is 4.38. The van der Waals surface area contributed by atoms with Gasteiger partial charge in [0.2, 0.25) is 0 Å². The summed E-state index contributed by atoms with van der Waals surface area (Å²) in [6.45, 7) is 0. The van der Waals surface area contributed by atoms with Crippen LogP contribution in [-0.4, -0.2) is 21.3 Å². The Labute approximate surface area is 79.3 Å². The number of halogens is 1. The standard InChI is InChI=1S/C6H3BrN2O2S/c7-4-2-1-3(6(10)11)12-5(2)9-8-4/h1H,(H,8,9)(H,10,11). The number of aromatic amines is 1. The molecule has 0 saturated heterocycles. The number of aromatic nitrogens is 2. The van der Waals surface area contributed by atoms with Gasteiger partial charge in [0.1, 0.15) is 14.3 Å². The zero-order chi connectivity index (χ0) is 8.72. The molecule has 2 aromatic heterocycles. The van der Waals surface area contributed by atoms with Crippen LogP contribution in [-0.2, 0) is 0 Å². The Morgan fingerprint density at radius 3 is 3.08 bits per heavy atom. The van der Waals surface area contributed by atoms with E-state index < -0.39 is 5.97 Å². The Morgan fingerprint density at radius 2 is 2.50 bits per heavy atom. The van der Waals surface area contributed by atoms with Gasteiger partial charge in [0.25, 0.3) is 0 Å². The predicted molar refractivity (Wildman–Crippen MR) is 48.6 cm³/mol. The van der Waals surface area contributed by atoms with Gasteiger partial charge in [-0.2, -0.15) is 5.10 Å². The van der Waals surface area contributed by atoms with Crippen LogP contribution in [0.4, 0.5) is 0 Å². The van der Waals surface area contributed by atoms with E-state index in [2.05, 4.69) is 26.1 Å². The minimum absolute atomic E-state index is 0.308. The summed E-state index contributed by atoms with van der Waals surface area (Å²) in [6, 6.07) is 1.59. The average Bonchev–Trinajstić information content (AvgIpc) is 2.53. The lowest BCUT2D eigenvalue weighted by atomic mass is 10.4. The number of hydrogen-bond acceptors (Lipinski definition) is 3. The summed E-state index contributed by atoms with van der Waals surface area (Å²) in [6.07, 6.45) is 0. The van der Waals surface area contributed by atoms with Crippen LogP contribution in [0.3, 0.4) is 0 Å². The fourth-order valence-corrected chi connectivity index (χ4v) is 2.24. The highest BCUT2D eigenvalue weighted by Gasteiger charge is 2.12. The van der Waals surface area contributed by atoms with Crippen molar-refractivity contribution in [2.75, 3.05) is 0 Å². The molecule has 0 aliphatic rings. The average molecular weight is 247 g/mol. The van der Waals surface area contributed by atoms with E-state index in [0.29, 0.717) is 9.71 Å². The zero-order valence-electron chi connectivity index (χ0n) is 5.67. The maximum atomic E-state index is 10.5. The molecule has 2 heterocycles. The molecule has 0 aliphatic heterocycles. The van der Waals surface area contributed by atoms with Crippen molar-refractivity contribution in [2.45, 2.75) is 0 Å². The number of nitrogens with zero attached hydrogens (tertiary/aromatic N) is 1. The minimum Gasteiger partial charge on any atom is -0.477 e. The molecule has 2 N–H and O–H groups in total. The van der Waals surface area contributed by atoms with Crippen LogP contribution in [0.5, 0.6) is 0 Å². The summed E-state index contributed by atoms with van der Waals surface area (Å²) in [7, 11) is 0. The van der Waals surface area contributed by atoms with E-state index in [1.54, 1.807) is 6.07 Å². The number of carbonyl (C=O) groups is 1. The molecule has 0 spiro atoms. The fraction of sp³-hybridized carbons (Fsp3) is 0. The third-order valence-corrected chi connectivity index (χ3v) is 3.04. The second-order valence-corrected chi connectivity index (χ2v) is 4.00. The number of carboxylic acids is 1. The van der Waals surface area contributed by atoms with E-state index in [1.165, 1.54) is 0 Å². The SMILES string of the molecule is O=C(O)c1cc2c(Br)[nH]nc2s1. The van der Waals surface area contributed by atoms with Crippen molar-refractivity contribution in [1.82, 2.24) is 10.2 Å². The van der Waals surface area contributed by atoms with Crippen LogP contribution >= 0.6 is 27.3 Å². The molecular weight excluding hydrogens is 244 g/mol. The maximum Gasteiger partial charge on any atom is 0.345 e. The van der Waals surface area contributed by atoms with Crippen LogP contribution in [0.1, 0.15) is 9.67 Å². The van der Waals surface area contributed by atoms with Crippen LogP contribution in [0, 0.1) is 0 Å². The second-order valence-electron chi connectivity index (χ2n) is 2.17. The smallest absolute Gasteiger partial charge is 0.345 e. The zero-order valence-corrected chi connectivity index (χ0v) is 8.07. The lowest BCUT2D eigenvalue weighted by Gasteiger charge is -1.81. The summed E-state index contributed by atoms with van der Waals surface area (Å²) in [5.74, 6) is -0.912. The van der Waals surface area contributed by atoms with Crippen molar-refractivity contribution < 1.29 is 9.90 Å². The van der Waals surface area contributed by atoms with Crippen LogP contribution in [0.2, 0.25) is 0 Å². The quantitative estimate of drug-likeness (QED) is 0.810. The first-order chi connectivity index (χ1) is 5.68. The predicted octanol–water partition coefficient (Wildman–Crippen LogP) is 2.09. The van der Waals surface area contributed by atoms with Crippen molar-refractivity contribution in [2.24, 2.45) is 0 Å². The second kappa shape index (κ2) is 2.56. The fourth-order valence-electron chi connectivity index (χ4n) is 0.887. The Balaban J connectivity index is 2.70. The van der Waals surface area contributed by atoms with Gasteiger partial charge < -0.3 is 5.11 Å². The van der Waals surface area contributed by atoms with E-state index in [9.17, 15) is 4.79 Å². The molecule has 0 radical (unpaired) electrons. The molecule has 0 atom stereocenters. The molecular formula is C6H3BrN2O2S. The van der Waals surface area contributed by atoms with E-state index >= 15 is 0 Å². The molecule has 62 valence electrons. The highest BCUT2D eigenvalue weighted by molar-refractivity contribution is 9.10. The summed E-state index contributed by atoms with van der Waals surface area (Å²) in [4.78, 5) is 11.6. The Morgan fingerprint density at radius 1 is 1.75 bits per heavy atom. The van der Waals surface area contributed by atoms with Gasteiger partial charge in [-0.15, -0.1) is 11.3 Å². The van der Waals surface area contributed by atoms with Crippen LogP contribution in [0.25, 0.3) is 10.2 Å². The lowest BCUT2D eigenvalue weighted by molar-refractivity contribution is 0.0702. The van der Waals surface area contributed by atoms with Crippen molar-refractivity contribution in [3.63, 3.8) is 0 Å². The normalized spacial score (nSPS) is 10.8. The Hall–Kier alpha value is -0.880. The summed E-state index contributed by atoms with van der Waals surface area (Å²) in [5, 5.41) is 16.1. The van der Waals surface area contributed by atoms with Gasteiger partial charge in [-0.3, -0.25) is 5.10 Å². The number of fused-ring (bicyclic) bond motifs is 1. The van der Waals surface area contributed by atoms with Crippen LogP contribution in [0.15, 0.2) is 10.7 Å². The molecule has 0 amide bonds. The van der Waals surface area contributed by atoms with E-state index in [-0.39, 0.29) is 0 Å². The van der Waals surface area contributed by atoms with Crippen molar-refractivity contribution >= 4 is 43.5 Å². The molecule has 0 aromatic carbocycles. The summed E-state index contributed by atoms with van der Waals surface area (Å²) in [5.41, 5.74) is 0. The highest BCUT2D eigenvalue weighted by atomic mass is 79.9. The largest absolute Gasteiger partial charge is 0.477 e. The first kappa shape index (κ1) is 7.75. The summed E-state index contributed by atoms with van der Waals surface area (Å²) < 4.78 is 0.723. The molecule has 0 fully saturated rings. The number of rotatable bonds is 1. The molecule has 2 rings (SSSR count). The first-order valence-electron chi connectivity index (χ1n) is 3.05. The number of aromatic carboxylic acids is 1. The van der Waals surface area contributed by atoms with Gasteiger partial charge in [-0.25, -0.2) is 4.79 Å². The number of nitrogens with one attached hydrogen (secondary N) is 1. The number of hydrogen-bond donors (Lipinski definition) is 2. The van der Waals surface area contributed by atoms with Crippen LogP contribution < -0.4 is 0 Å². The van der Waals surface area contributed by atoms with Crippen molar-refractivity contribution in [3.8, 4) is 0 Å². The topological polar surface area (TPSA) is 66.0 Å². The van der Waals surface area contributed by atoms with Gasteiger partial charge in [-0.05, 0) is 22.0 Å². The molecule has 0 saturated carbocycles. The maximum absolute atomic E-state index is 10.5. The van der Waals surface area contributed by atoms with Gasteiger partial charge in [0.05, 0.1) is 0 Å². The van der Waals surface area contributed by atoms with E-state index in [0.717, 1.165) is 21.3 Å². The van der Waals surface area contributed by atoms with Crippen molar-refractivity contribution in [1.29, 1.82) is 0 Å². The van der Waals surface area contributed by atoms with Gasteiger partial charge >= 0.3 is 5.97 Å². The monoisotopic (exact) mass is 246 g/mol. The van der Waals surface area contributed by atoms with Gasteiger partial charge in [0, 0.05) is 5.39 Å². The third-order valence-electron chi connectivity index (χ3n) is 1.42. The molecule has 4 nitrogen and oxygen atoms in total. The van der Waals surface area contributed by atoms with Gasteiger partial charge in [-0.1, -0.05) is 0 Å². The van der Waals surface area contributed by atoms with Gasteiger partial charge in [0.15, 0.2) is 0 Å². The first-order valence-corrected chi connectivity index (χ1v) is 4.66. The minimum atomic E-state index is -0.912. The lowest BCUT2D eigenvalue weighted by Crippen LogP contribution is -1.89. The molecule has 12 heavy (non-hydrogen) atoms. The van der Waals surface area contributed by atoms with E-state index in [1.807, 2.05) is 0 Å². The molecule has 0 unspecified atom stereocenters. The van der Waals surface area contributed by atoms with E-state index in [4.69, 9.17) is 5.11 Å². The number of carboxylic acid groups (broad SMARTS) is 1. The third kappa shape index (κ3) is 1.03. The number of thiophene rings is 1. The molecule has 2 aromatic rings.